The van der Waals surface area contributed by atoms with Crippen molar-refractivity contribution in [3.63, 3.8) is 0 Å². The number of hydrogen-bond acceptors (Lipinski definition) is 4. The maximum Gasteiger partial charge on any atom is 0.315 e. The van der Waals surface area contributed by atoms with Crippen LogP contribution in [0.1, 0.15) is 60.9 Å². The summed E-state index contributed by atoms with van der Waals surface area (Å²) in [6, 6.07) is 16.2. The number of ether oxygens (including phenoxy) is 1. The molecule has 0 spiro atoms. The van der Waals surface area contributed by atoms with Gasteiger partial charge in [-0.2, -0.15) is 0 Å². The molecule has 2 aromatic rings. The number of amides is 1. The molecule has 0 radical (unpaired) electrons. The van der Waals surface area contributed by atoms with Gasteiger partial charge in [-0.05, 0) is 79.9 Å². The highest BCUT2D eigenvalue weighted by Crippen LogP contribution is 2.30. The number of carbonyl (C=O) groups excluding carboxylic acids is 3. The van der Waals surface area contributed by atoms with Crippen LogP contribution in [0.3, 0.4) is 0 Å². The lowest BCUT2D eigenvalue weighted by Gasteiger charge is -2.21. The number of rotatable bonds is 6. The Kier molecular flexibility index (Phi) is 7.50. The quantitative estimate of drug-likeness (QED) is 0.439. The summed E-state index contributed by atoms with van der Waals surface area (Å²) >= 11 is 0. The first-order chi connectivity index (χ1) is 18.0. The normalized spacial score (nSPS) is 19.6. The van der Waals surface area contributed by atoms with Gasteiger partial charge < -0.3 is 9.64 Å². The number of nitrogens with zero attached hydrogens (tertiary/aromatic N) is 1. The molecule has 1 fully saturated rings. The van der Waals surface area contributed by atoms with E-state index in [9.17, 15) is 14.4 Å². The molecule has 1 aliphatic carbocycles. The van der Waals surface area contributed by atoms with Crippen molar-refractivity contribution in [2.75, 3.05) is 13.1 Å². The first-order valence-corrected chi connectivity index (χ1v) is 13.3. The van der Waals surface area contributed by atoms with Gasteiger partial charge in [0.1, 0.15) is 5.76 Å². The van der Waals surface area contributed by atoms with Crippen LogP contribution in [0.15, 0.2) is 83.7 Å². The minimum atomic E-state index is -0.247. The zero-order chi connectivity index (χ0) is 25.8. The van der Waals surface area contributed by atoms with Crippen LogP contribution in [-0.2, 0) is 14.3 Å². The molecule has 1 atom stereocenters. The van der Waals surface area contributed by atoms with Gasteiger partial charge in [-0.1, -0.05) is 54.1 Å². The average Bonchev–Trinajstić information content (AvgIpc) is 3.06. The zero-order valence-electron chi connectivity index (χ0n) is 21.4. The van der Waals surface area contributed by atoms with Crippen molar-refractivity contribution < 1.29 is 19.1 Å². The molecule has 1 saturated heterocycles. The SMILES string of the molecule is Cc1ccc(-c2cccc(C(=O)N3CCCC(CCC(=O)C4=CC5=C(CC=C4)CC(=O)O5)CC3)c2)cc1. The van der Waals surface area contributed by atoms with Crippen molar-refractivity contribution >= 4 is 17.7 Å². The van der Waals surface area contributed by atoms with Crippen LogP contribution in [0, 0.1) is 12.8 Å². The minimum Gasteiger partial charge on any atom is -0.426 e. The molecule has 5 rings (SSSR count). The molecule has 2 heterocycles. The summed E-state index contributed by atoms with van der Waals surface area (Å²) in [6.07, 6.45) is 10.6. The summed E-state index contributed by atoms with van der Waals surface area (Å²) in [5, 5.41) is 0. The lowest BCUT2D eigenvalue weighted by molar-refractivity contribution is -0.136. The Balaban J connectivity index is 1.16. The van der Waals surface area contributed by atoms with Crippen molar-refractivity contribution in [3.05, 3.63) is 94.8 Å². The lowest BCUT2D eigenvalue weighted by Crippen LogP contribution is -2.32. The van der Waals surface area contributed by atoms with E-state index in [1.807, 2.05) is 41.3 Å². The first kappa shape index (κ1) is 24.9. The molecule has 37 heavy (non-hydrogen) atoms. The molecule has 2 aromatic carbocycles. The third-order valence-corrected chi connectivity index (χ3v) is 7.61. The van der Waals surface area contributed by atoms with Gasteiger partial charge in [-0.15, -0.1) is 0 Å². The summed E-state index contributed by atoms with van der Waals surface area (Å²) in [5.41, 5.74) is 5.65. The zero-order valence-corrected chi connectivity index (χ0v) is 21.4. The molecule has 0 saturated carbocycles. The maximum atomic E-state index is 13.3. The largest absolute Gasteiger partial charge is 0.426 e. The van der Waals surface area contributed by atoms with Crippen LogP contribution in [0.25, 0.3) is 11.1 Å². The van der Waals surface area contributed by atoms with Crippen LogP contribution in [-0.4, -0.2) is 35.6 Å². The molecular weight excluding hydrogens is 462 g/mol. The molecule has 0 aromatic heterocycles. The van der Waals surface area contributed by atoms with Gasteiger partial charge in [-0.25, -0.2) is 0 Å². The fraction of sp³-hybridized carbons (Fsp3) is 0.344. The smallest absolute Gasteiger partial charge is 0.315 e. The van der Waals surface area contributed by atoms with Crippen LogP contribution in [0.4, 0.5) is 0 Å². The van der Waals surface area contributed by atoms with Gasteiger partial charge >= 0.3 is 5.97 Å². The number of Topliss-reactive ketones (excluding diaryl/α,β-unsaturated/α-hetero) is 1. The number of hydrogen-bond donors (Lipinski definition) is 0. The second kappa shape index (κ2) is 11.1. The second-order valence-corrected chi connectivity index (χ2v) is 10.3. The molecule has 3 aliphatic rings. The Labute approximate surface area is 218 Å². The highest BCUT2D eigenvalue weighted by molar-refractivity contribution is 5.99. The number of ketones is 1. The van der Waals surface area contributed by atoms with Crippen molar-refractivity contribution in [2.24, 2.45) is 5.92 Å². The molecule has 5 heteroatoms. The number of carbonyl (C=O) groups is 3. The van der Waals surface area contributed by atoms with E-state index in [0.717, 1.165) is 54.5 Å². The monoisotopic (exact) mass is 495 g/mol. The van der Waals surface area contributed by atoms with E-state index in [0.29, 0.717) is 43.1 Å². The molecule has 5 nitrogen and oxygen atoms in total. The van der Waals surface area contributed by atoms with Crippen molar-refractivity contribution in [1.29, 1.82) is 0 Å². The molecular formula is C32H33NO4. The van der Waals surface area contributed by atoms with E-state index < -0.39 is 0 Å². The fourth-order valence-corrected chi connectivity index (χ4v) is 5.38. The van der Waals surface area contributed by atoms with E-state index in [2.05, 4.69) is 31.2 Å². The maximum absolute atomic E-state index is 13.3. The minimum absolute atomic E-state index is 0.0784. The van der Waals surface area contributed by atoms with Crippen LogP contribution in [0.5, 0.6) is 0 Å². The first-order valence-electron chi connectivity index (χ1n) is 13.3. The van der Waals surface area contributed by atoms with Crippen molar-refractivity contribution in [3.8, 4) is 11.1 Å². The van der Waals surface area contributed by atoms with Gasteiger partial charge in [0, 0.05) is 30.6 Å². The number of esters is 1. The summed E-state index contributed by atoms with van der Waals surface area (Å²) < 4.78 is 5.28. The van der Waals surface area contributed by atoms with E-state index in [1.165, 1.54) is 5.56 Å². The molecule has 190 valence electrons. The molecule has 2 aliphatic heterocycles. The predicted octanol–water partition coefficient (Wildman–Crippen LogP) is 6.34. The molecule has 1 amide bonds. The Bertz CT molecular complexity index is 1300. The summed E-state index contributed by atoms with van der Waals surface area (Å²) in [4.78, 5) is 39.8. The van der Waals surface area contributed by atoms with E-state index >= 15 is 0 Å². The van der Waals surface area contributed by atoms with E-state index in [-0.39, 0.29) is 17.7 Å². The summed E-state index contributed by atoms with van der Waals surface area (Å²) in [6.45, 7) is 3.52. The van der Waals surface area contributed by atoms with Crippen molar-refractivity contribution in [2.45, 2.75) is 51.9 Å². The molecule has 0 N–H and O–H groups in total. The third-order valence-electron chi connectivity index (χ3n) is 7.61. The number of aryl methyl sites for hydroxylation is 1. The summed E-state index contributed by atoms with van der Waals surface area (Å²) in [5.74, 6) is 0.874. The second-order valence-electron chi connectivity index (χ2n) is 10.3. The Morgan fingerprint density at radius 3 is 2.70 bits per heavy atom. The molecule has 0 bridgehead atoms. The summed E-state index contributed by atoms with van der Waals surface area (Å²) in [7, 11) is 0. The number of allylic oxidation sites excluding steroid dienone is 4. The molecule has 1 unspecified atom stereocenters. The van der Waals surface area contributed by atoms with Gasteiger partial charge in [0.2, 0.25) is 0 Å². The highest BCUT2D eigenvalue weighted by atomic mass is 16.5. The van der Waals surface area contributed by atoms with Crippen molar-refractivity contribution in [1.82, 2.24) is 4.90 Å². The highest BCUT2D eigenvalue weighted by Gasteiger charge is 2.25. The Morgan fingerprint density at radius 2 is 1.86 bits per heavy atom. The van der Waals surface area contributed by atoms with Gasteiger partial charge in [-0.3, -0.25) is 14.4 Å². The number of likely N-dealkylation sites (tertiary alicyclic amines) is 1. The average molecular weight is 496 g/mol. The van der Waals surface area contributed by atoms with Gasteiger partial charge in [0.25, 0.3) is 5.91 Å². The number of benzene rings is 2. The van der Waals surface area contributed by atoms with E-state index in [1.54, 1.807) is 6.08 Å². The van der Waals surface area contributed by atoms with Crippen LogP contribution in [0.2, 0.25) is 0 Å². The van der Waals surface area contributed by atoms with Crippen LogP contribution < -0.4 is 0 Å². The van der Waals surface area contributed by atoms with Crippen LogP contribution >= 0.6 is 0 Å². The third kappa shape index (κ3) is 5.99. The van der Waals surface area contributed by atoms with Gasteiger partial charge in [0.15, 0.2) is 5.78 Å². The standard InChI is InChI=1S/C32H33NO4/c1-22-10-13-24(14-11-22)25-6-2-9-28(19-25)32(36)33-17-4-5-23(16-18-33)12-15-29(34)26-7-3-8-27-21-31(35)37-30(27)20-26/h2-3,6-7,9-11,13-14,19-20,23H,4-5,8,12,15-18,21H2,1H3. The van der Waals surface area contributed by atoms with Gasteiger partial charge in [0.05, 0.1) is 6.42 Å². The predicted molar refractivity (Wildman–Crippen MR) is 144 cm³/mol. The topological polar surface area (TPSA) is 63.7 Å². The fourth-order valence-electron chi connectivity index (χ4n) is 5.38. The lowest BCUT2D eigenvalue weighted by atomic mass is 9.92. The Hall–Kier alpha value is -3.73. The Morgan fingerprint density at radius 1 is 1.03 bits per heavy atom. The van der Waals surface area contributed by atoms with E-state index in [4.69, 9.17) is 4.74 Å².